The minimum absolute atomic E-state index is 0.104. The number of halogens is 3. The Morgan fingerprint density at radius 2 is 1.62 bits per heavy atom. The van der Waals surface area contributed by atoms with E-state index in [2.05, 4.69) is 5.32 Å². The molecule has 0 spiro atoms. The topological polar surface area (TPSA) is 49.3 Å². The Balaban J connectivity index is 1.69. The van der Waals surface area contributed by atoms with Gasteiger partial charge < -0.3 is 10.4 Å². The fraction of sp³-hybridized carbons (Fsp3) is 0.150. The molecule has 1 amide bonds. The van der Waals surface area contributed by atoms with Crippen LogP contribution in [0.25, 0.3) is 10.8 Å². The monoisotopic (exact) mass is 359 g/mol. The molecule has 3 rings (SSSR count). The molecule has 0 saturated heterocycles. The van der Waals surface area contributed by atoms with E-state index in [1.54, 1.807) is 12.1 Å². The molecule has 0 fully saturated rings. The summed E-state index contributed by atoms with van der Waals surface area (Å²) in [6.07, 6.45) is -5.53. The molecule has 3 aromatic carbocycles. The average Bonchev–Trinajstić information content (AvgIpc) is 2.64. The molecule has 3 nitrogen and oxygen atoms in total. The highest BCUT2D eigenvalue weighted by atomic mass is 19.4. The summed E-state index contributed by atoms with van der Waals surface area (Å²) in [6, 6.07) is 17.0. The lowest BCUT2D eigenvalue weighted by molar-refractivity contribution is -0.137. The number of nitrogens with one attached hydrogen (secondary N) is 1. The van der Waals surface area contributed by atoms with Crippen molar-refractivity contribution < 1.29 is 23.1 Å². The van der Waals surface area contributed by atoms with Crippen molar-refractivity contribution in [2.45, 2.75) is 12.3 Å². The number of hydrogen-bond donors (Lipinski definition) is 2. The third-order valence-corrected chi connectivity index (χ3v) is 4.11. The molecule has 0 heterocycles. The number of aliphatic hydroxyl groups is 1. The normalized spacial score (nSPS) is 12.8. The van der Waals surface area contributed by atoms with E-state index in [9.17, 15) is 23.1 Å². The maximum absolute atomic E-state index is 12.6. The number of alkyl halides is 3. The number of benzene rings is 3. The van der Waals surface area contributed by atoms with Crippen molar-refractivity contribution >= 4 is 16.7 Å². The van der Waals surface area contributed by atoms with E-state index in [4.69, 9.17) is 0 Å². The first-order chi connectivity index (χ1) is 12.4. The molecule has 6 heteroatoms. The Morgan fingerprint density at radius 1 is 0.962 bits per heavy atom. The molecule has 1 atom stereocenters. The third kappa shape index (κ3) is 3.86. The maximum atomic E-state index is 12.6. The van der Waals surface area contributed by atoms with Crippen molar-refractivity contribution in [3.05, 3.63) is 83.4 Å². The second-order valence-corrected chi connectivity index (χ2v) is 5.87. The van der Waals surface area contributed by atoms with Gasteiger partial charge in [-0.15, -0.1) is 0 Å². The van der Waals surface area contributed by atoms with E-state index in [1.165, 1.54) is 12.1 Å². The molecular weight excluding hydrogens is 343 g/mol. The highest BCUT2D eigenvalue weighted by Gasteiger charge is 2.30. The summed E-state index contributed by atoms with van der Waals surface area (Å²) < 4.78 is 37.7. The zero-order valence-corrected chi connectivity index (χ0v) is 13.6. The summed E-state index contributed by atoms with van der Waals surface area (Å²) in [5.41, 5.74) is -0.00724. The van der Waals surface area contributed by atoms with Crippen molar-refractivity contribution in [2.24, 2.45) is 0 Å². The van der Waals surface area contributed by atoms with E-state index >= 15 is 0 Å². The Morgan fingerprint density at radius 3 is 2.31 bits per heavy atom. The van der Waals surface area contributed by atoms with Crippen LogP contribution in [0.2, 0.25) is 0 Å². The van der Waals surface area contributed by atoms with Gasteiger partial charge in [0, 0.05) is 12.1 Å². The highest BCUT2D eigenvalue weighted by molar-refractivity contribution is 6.07. The lowest BCUT2D eigenvalue weighted by Crippen LogP contribution is -2.28. The van der Waals surface area contributed by atoms with Crippen LogP contribution in [0.1, 0.15) is 27.6 Å². The second-order valence-electron chi connectivity index (χ2n) is 5.87. The smallest absolute Gasteiger partial charge is 0.387 e. The van der Waals surface area contributed by atoms with Crippen LogP contribution >= 0.6 is 0 Å². The van der Waals surface area contributed by atoms with Gasteiger partial charge in [-0.1, -0.05) is 48.5 Å². The first-order valence-corrected chi connectivity index (χ1v) is 7.97. The van der Waals surface area contributed by atoms with Gasteiger partial charge in [0.15, 0.2) is 0 Å². The molecule has 0 aliphatic rings. The largest absolute Gasteiger partial charge is 0.416 e. The van der Waals surface area contributed by atoms with Crippen LogP contribution < -0.4 is 5.32 Å². The van der Waals surface area contributed by atoms with Gasteiger partial charge in [0.2, 0.25) is 0 Å². The molecule has 26 heavy (non-hydrogen) atoms. The molecule has 2 N–H and O–H groups in total. The van der Waals surface area contributed by atoms with Crippen LogP contribution in [0.3, 0.4) is 0 Å². The van der Waals surface area contributed by atoms with Crippen LogP contribution in [0, 0.1) is 0 Å². The van der Waals surface area contributed by atoms with E-state index in [0.29, 0.717) is 11.1 Å². The Labute approximate surface area is 148 Å². The molecule has 3 aromatic rings. The average molecular weight is 359 g/mol. The summed E-state index contributed by atoms with van der Waals surface area (Å²) in [7, 11) is 0. The van der Waals surface area contributed by atoms with E-state index < -0.39 is 17.8 Å². The van der Waals surface area contributed by atoms with E-state index in [0.717, 1.165) is 22.9 Å². The predicted molar refractivity (Wildman–Crippen MR) is 92.7 cm³/mol. The van der Waals surface area contributed by atoms with Gasteiger partial charge in [0.05, 0.1) is 11.7 Å². The quantitative estimate of drug-likeness (QED) is 0.729. The van der Waals surface area contributed by atoms with Crippen LogP contribution in [-0.2, 0) is 6.18 Å². The van der Waals surface area contributed by atoms with E-state index in [1.807, 2.05) is 30.3 Å². The summed E-state index contributed by atoms with van der Waals surface area (Å²) in [6.45, 7) is -0.104. The SMILES string of the molecule is O=C(NCC(O)c1ccc(C(F)(F)F)cc1)c1cccc2ccccc12. The predicted octanol–water partition coefficient (Wildman–Crippen LogP) is 4.32. The first kappa shape index (κ1) is 17.9. The number of amides is 1. The van der Waals surface area contributed by atoms with Crippen LogP contribution in [-0.4, -0.2) is 17.6 Å². The molecule has 0 aromatic heterocycles. The minimum atomic E-state index is -4.42. The Bertz CT molecular complexity index is 915. The summed E-state index contributed by atoms with van der Waals surface area (Å²) >= 11 is 0. The van der Waals surface area contributed by atoms with Gasteiger partial charge in [0.25, 0.3) is 5.91 Å². The van der Waals surface area contributed by atoms with Crippen molar-refractivity contribution in [3.63, 3.8) is 0 Å². The van der Waals surface area contributed by atoms with Crippen LogP contribution in [0.5, 0.6) is 0 Å². The van der Waals surface area contributed by atoms with Crippen LogP contribution in [0.4, 0.5) is 13.2 Å². The standard InChI is InChI=1S/C20H16F3NO2/c21-20(22,23)15-10-8-14(9-11-15)18(25)12-24-19(26)17-7-3-5-13-4-1-2-6-16(13)17/h1-11,18,25H,12H2,(H,24,26). The molecular formula is C20H16F3NO2. The zero-order valence-electron chi connectivity index (χ0n) is 13.6. The second kappa shape index (κ2) is 7.17. The lowest BCUT2D eigenvalue weighted by atomic mass is 10.0. The van der Waals surface area contributed by atoms with Gasteiger partial charge >= 0.3 is 6.18 Å². The molecule has 1 unspecified atom stereocenters. The lowest BCUT2D eigenvalue weighted by Gasteiger charge is -2.14. The number of carbonyl (C=O) groups is 1. The van der Waals surface area contributed by atoms with Crippen molar-refractivity contribution in [1.82, 2.24) is 5.32 Å². The first-order valence-electron chi connectivity index (χ1n) is 7.97. The number of aliphatic hydroxyl groups excluding tert-OH is 1. The number of rotatable bonds is 4. The highest BCUT2D eigenvalue weighted by Crippen LogP contribution is 2.29. The fourth-order valence-corrected chi connectivity index (χ4v) is 2.72. The summed E-state index contributed by atoms with van der Waals surface area (Å²) in [4.78, 5) is 12.4. The van der Waals surface area contributed by atoms with Gasteiger partial charge in [-0.25, -0.2) is 0 Å². The fourth-order valence-electron chi connectivity index (χ4n) is 2.72. The molecule has 0 aliphatic carbocycles. The van der Waals surface area contributed by atoms with Crippen LogP contribution in [0.15, 0.2) is 66.7 Å². The Hall–Kier alpha value is -2.86. The Kier molecular flexibility index (Phi) is 4.95. The molecule has 0 aliphatic heterocycles. The van der Waals surface area contributed by atoms with Gasteiger partial charge in [0.1, 0.15) is 0 Å². The van der Waals surface area contributed by atoms with Gasteiger partial charge in [-0.05, 0) is 34.5 Å². The molecule has 0 bridgehead atoms. The maximum Gasteiger partial charge on any atom is 0.416 e. The molecule has 0 radical (unpaired) electrons. The van der Waals surface area contributed by atoms with E-state index in [-0.39, 0.29) is 12.5 Å². The molecule has 134 valence electrons. The number of carbonyl (C=O) groups excluding carboxylic acids is 1. The van der Waals surface area contributed by atoms with Crippen molar-refractivity contribution in [1.29, 1.82) is 0 Å². The van der Waals surface area contributed by atoms with Crippen molar-refractivity contribution in [2.75, 3.05) is 6.54 Å². The third-order valence-electron chi connectivity index (χ3n) is 4.11. The number of fused-ring (bicyclic) bond motifs is 1. The van der Waals surface area contributed by atoms with Crippen molar-refractivity contribution in [3.8, 4) is 0 Å². The zero-order chi connectivity index (χ0) is 18.7. The van der Waals surface area contributed by atoms with Gasteiger partial charge in [-0.3, -0.25) is 4.79 Å². The van der Waals surface area contributed by atoms with Gasteiger partial charge in [-0.2, -0.15) is 13.2 Å². The summed E-state index contributed by atoms with van der Waals surface area (Å²) in [5.74, 6) is -0.354. The molecule has 0 saturated carbocycles. The number of hydrogen-bond acceptors (Lipinski definition) is 2. The summed E-state index contributed by atoms with van der Waals surface area (Å²) in [5, 5.41) is 14.5. The minimum Gasteiger partial charge on any atom is -0.387 e.